The summed E-state index contributed by atoms with van der Waals surface area (Å²) in [6.07, 6.45) is 5.34. The summed E-state index contributed by atoms with van der Waals surface area (Å²) in [4.78, 5) is 2.65. The van der Waals surface area contributed by atoms with Gasteiger partial charge in [-0.2, -0.15) is 0 Å². The lowest BCUT2D eigenvalue weighted by molar-refractivity contribution is 0.0615. The zero-order valence-electron chi connectivity index (χ0n) is 12.6. The minimum Gasteiger partial charge on any atom is -0.312 e. The lowest BCUT2D eigenvalue weighted by Crippen LogP contribution is -2.60. The van der Waals surface area contributed by atoms with E-state index in [1.54, 1.807) is 0 Å². The zero-order valence-corrected chi connectivity index (χ0v) is 12.6. The number of rotatable bonds is 9. The van der Waals surface area contributed by atoms with E-state index in [2.05, 4.69) is 44.8 Å². The Morgan fingerprint density at radius 2 is 1.76 bits per heavy atom. The Hall–Kier alpha value is -0.0800. The third-order valence-corrected chi connectivity index (χ3v) is 4.58. The molecule has 2 heteroatoms. The summed E-state index contributed by atoms with van der Waals surface area (Å²) in [5, 5.41) is 3.83. The van der Waals surface area contributed by atoms with Crippen molar-refractivity contribution in [1.29, 1.82) is 0 Å². The van der Waals surface area contributed by atoms with Crippen molar-refractivity contribution in [2.24, 2.45) is 5.92 Å². The average Bonchev–Trinajstić information content (AvgIpc) is 3.15. The van der Waals surface area contributed by atoms with Crippen LogP contribution in [0.2, 0.25) is 0 Å². The Morgan fingerprint density at radius 1 is 1.18 bits per heavy atom. The van der Waals surface area contributed by atoms with Crippen molar-refractivity contribution < 1.29 is 0 Å². The first kappa shape index (κ1) is 15.0. The van der Waals surface area contributed by atoms with Gasteiger partial charge in [-0.3, -0.25) is 4.90 Å². The fourth-order valence-electron chi connectivity index (χ4n) is 3.21. The van der Waals surface area contributed by atoms with Crippen molar-refractivity contribution in [3.05, 3.63) is 0 Å². The molecule has 0 amide bonds. The monoisotopic (exact) mass is 240 g/mol. The summed E-state index contributed by atoms with van der Waals surface area (Å²) >= 11 is 0. The molecule has 1 N–H and O–H groups in total. The van der Waals surface area contributed by atoms with Crippen LogP contribution >= 0.6 is 0 Å². The van der Waals surface area contributed by atoms with E-state index in [4.69, 9.17) is 0 Å². The molecule has 0 radical (unpaired) electrons. The third kappa shape index (κ3) is 3.45. The normalized spacial score (nSPS) is 21.5. The van der Waals surface area contributed by atoms with Crippen LogP contribution in [0.3, 0.4) is 0 Å². The van der Waals surface area contributed by atoms with Crippen molar-refractivity contribution in [2.75, 3.05) is 19.6 Å². The predicted molar refractivity (Wildman–Crippen MR) is 76.4 cm³/mol. The van der Waals surface area contributed by atoms with Gasteiger partial charge in [0.15, 0.2) is 0 Å². The van der Waals surface area contributed by atoms with Gasteiger partial charge in [0.05, 0.1) is 0 Å². The summed E-state index contributed by atoms with van der Waals surface area (Å²) < 4.78 is 0. The van der Waals surface area contributed by atoms with E-state index in [-0.39, 0.29) is 0 Å². The molecule has 1 aliphatic rings. The number of hydrogen-bond donors (Lipinski definition) is 1. The Morgan fingerprint density at radius 3 is 2.12 bits per heavy atom. The van der Waals surface area contributed by atoms with E-state index in [0.29, 0.717) is 11.6 Å². The minimum atomic E-state index is 0.333. The van der Waals surface area contributed by atoms with E-state index in [1.165, 1.54) is 25.7 Å². The Bertz CT molecular complexity index is 209. The second kappa shape index (κ2) is 6.75. The van der Waals surface area contributed by atoms with Gasteiger partial charge < -0.3 is 5.32 Å². The maximum absolute atomic E-state index is 3.83. The second-order valence-electron chi connectivity index (χ2n) is 5.65. The number of likely N-dealkylation sites (N-methyl/N-ethyl adjacent to an activating group) is 1. The molecule has 1 aliphatic carbocycles. The molecule has 0 bridgehead atoms. The number of nitrogens with one attached hydrogen (secondary N) is 1. The van der Waals surface area contributed by atoms with Crippen LogP contribution in [0, 0.1) is 5.92 Å². The first-order valence-electron chi connectivity index (χ1n) is 7.62. The molecule has 0 aliphatic heterocycles. The summed E-state index contributed by atoms with van der Waals surface area (Å²) in [5.41, 5.74) is 0.333. The smallest absolute Gasteiger partial charge is 0.0334 e. The molecule has 2 atom stereocenters. The van der Waals surface area contributed by atoms with Gasteiger partial charge in [-0.25, -0.2) is 0 Å². The van der Waals surface area contributed by atoms with Crippen molar-refractivity contribution in [2.45, 2.75) is 71.9 Å². The number of nitrogens with zero attached hydrogens (tertiary/aromatic N) is 1. The van der Waals surface area contributed by atoms with Crippen LogP contribution in [0.15, 0.2) is 0 Å². The molecule has 1 rings (SSSR count). The largest absolute Gasteiger partial charge is 0.312 e. The van der Waals surface area contributed by atoms with E-state index >= 15 is 0 Å². The highest BCUT2D eigenvalue weighted by Crippen LogP contribution is 2.40. The highest BCUT2D eigenvalue weighted by atomic mass is 15.2. The second-order valence-corrected chi connectivity index (χ2v) is 5.65. The molecule has 0 aromatic rings. The molecule has 0 aromatic carbocycles. The van der Waals surface area contributed by atoms with Crippen molar-refractivity contribution in [1.82, 2.24) is 10.2 Å². The molecule has 2 nitrogen and oxygen atoms in total. The number of hydrogen-bond acceptors (Lipinski definition) is 2. The molecular formula is C15H32N2. The predicted octanol–water partition coefficient (Wildman–Crippen LogP) is 3.28. The van der Waals surface area contributed by atoms with Gasteiger partial charge in [-0.05, 0) is 58.2 Å². The van der Waals surface area contributed by atoms with Gasteiger partial charge in [-0.1, -0.05) is 27.7 Å². The summed E-state index contributed by atoms with van der Waals surface area (Å²) in [7, 11) is 0. The van der Waals surface area contributed by atoms with E-state index < -0.39 is 0 Å². The molecule has 0 spiro atoms. The van der Waals surface area contributed by atoms with Crippen LogP contribution in [-0.4, -0.2) is 36.1 Å². The maximum atomic E-state index is 3.83. The van der Waals surface area contributed by atoms with Crippen molar-refractivity contribution in [3.63, 3.8) is 0 Å². The SMILES string of the molecule is CCCNC(C1CC1)C(C)(CC)N(CC)CC. The first-order chi connectivity index (χ1) is 8.13. The molecular weight excluding hydrogens is 208 g/mol. The summed E-state index contributed by atoms with van der Waals surface area (Å²) in [5.74, 6) is 0.923. The van der Waals surface area contributed by atoms with Gasteiger partial charge in [0, 0.05) is 11.6 Å². The first-order valence-corrected chi connectivity index (χ1v) is 7.62. The minimum absolute atomic E-state index is 0.333. The van der Waals surface area contributed by atoms with Gasteiger partial charge in [-0.15, -0.1) is 0 Å². The van der Waals surface area contributed by atoms with Crippen molar-refractivity contribution >= 4 is 0 Å². The van der Waals surface area contributed by atoms with Gasteiger partial charge in [0.25, 0.3) is 0 Å². The summed E-state index contributed by atoms with van der Waals surface area (Å²) in [6, 6.07) is 0.687. The fraction of sp³-hybridized carbons (Fsp3) is 1.00. The fourth-order valence-corrected chi connectivity index (χ4v) is 3.21. The third-order valence-electron chi connectivity index (χ3n) is 4.58. The Balaban J connectivity index is 2.77. The highest BCUT2D eigenvalue weighted by molar-refractivity contribution is 5.03. The Kier molecular flexibility index (Phi) is 5.94. The highest BCUT2D eigenvalue weighted by Gasteiger charge is 2.44. The van der Waals surface area contributed by atoms with Gasteiger partial charge in [0.1, 0.15) is 0 Å². The molecule has 102 valence electrons. The van der Waals surface area contributed by atoms with Crippen LogP contribution in [0.1, 0.15) is 60.3 Å². The van der Waals surface area contributed by atoms with Crippen LogP contribution < -0.4 is 5.32 Å². The van der Waals surface area contributed by atoms with Crippen LogP contribution in [-0.2, 0) is 0 Å². The maximum Gasteiger partial charge on any atom is 0.0334 e. The van der Waals surface area contributed by atoms with Crippen LogP contribution in [0.25, 0.3) is 0 Å². The molecule has 1 fully saturated rings. The standard InChI is InChI=1S/C15H32N2/c1-6-12-16-14(13-10-11-13)15(5,7-2)17(8-3)9-4/h13-14,16H,6-12H2,1-5H3. The van der Waals surface area contributed by atoms with E-state index in [1.807, 2.05) is 0 Å². The van der Waals surface area contributed by atoms with Gasteiger partial charge >= 0.3 is 0 Å². The summed E-state index contributed by atoms with van der Waals surface area (Å²) in [6.45, 7) is 15.2. The van der Waals surface area contributed by atoms with E-state index in [0.717, 1.165) is 25.6 Å². The molecule has 2 unspecified atom stereocenters. The molecule has 0 heterocycles. The average molecular weight is 240 g/mol. The van der Waals surface area contributed by atoms with Crippen LogP contribution in [0.5, 0.6) is 0 Å². The zero-order chi connectivity index (χ0) is 12.9. The van der Waals surface area contributed by atoms with E-state index in [9.17, 15) is 0 Å². The van der Waals surface area contributed by atoms with Crippen LogP contribution in [0.4, 0.5) is 0 Å². The Labute approximate surface area is 108 Å². The lowest BCUT2D eigenvalue weighted by Gasteiger charge is -2.46. The molecule has 0 aromatic heterocycles. The molecule has 1 saturated carbocycles. The van der Waals surface area contributed by atoms with Gasteiger partial charge in [0.2, 0.25) is 0 Å². The molecule has 0 saturated heterocycles. The molecule has 17 heavy (non-hydrogen) atoms. The quantitative estimate of drug-likeness (QED) is 0.665. The van der Waals surface area contributed by atoms with Crippen molar-refractivity contribution in [3.8, 4) is 0 Å². The lowest BCUT2D eigenvalue weighted by atomic mass is 9.84. The topological polar surface area (TPSA) is 15.3 Å².